The van der Waals surface area contributed by atoms with Gasteiger partial charge in [0.05, 0.1) is 12.5 Å². The van der Waals surface area contributed by atoms with Crippen LogP contribution in [0.2, 0.25) is 0 Å². The quantitative estimate of drug-likeness (QED) is 0.626. The molecule has 74 valence electrons. The van der Waals surface area contributed by atoms with Gasteiger partial charge in [-0.25, -0.2) is 0 Å². The van der Waals surface area contributed by atoms with E-state index in [4.69, 9.17) is 5.11 Å². The fourth-order valence-corrected chi connectivity index (χ4v) is 0.819. The second kappa shape index (κ2) is 5.35. The molecule has 4 heteroatoms. The summed E-state index contributed by atoms with van der Waals surface area (Å²) in [4.78, 5) is 21.4. The Morgan fingerprint density at radius 1 is 1.54 bits per heavy atom. The Kier molecular flexibility index (Phi) is 4.80. The predicted octanol–water partition coefficient (Wildman–Crippen LogP) is 0.932. The van der Waals surface area contributed by atoms with Gasteiger partial charge in [0, 0.05) is 6.42 Å². The molecule has 0 aliphatic carbocycles. The maximum Gasteiger partial charge on any atom is 0.305 e. The fraction of sp³-hybridized carbons (Fsp3) is 0.556. The van der Waals surface area contributed by atoms with E-state index < -0.39 is 12.0 Å². The van der Waals surface area contributed by atoms with Crippen LogP contribution in [-0.2, 0) is 9.59 Å². The highest BCUT2D eigenvalue weighted by molar-refractivity contribution is 5.77. The molecule has 0 bridgehead atoms. The molecule has 0 saturated carbocycles. The first-order valence-electron chi connectivity index (χ1n) is 4.14. The van der Waals surface area contributed by atoms with Gasteiger partial charge in [-0.2, -0.15) is 0 Å². The molecule has 0 unspecified atom stereocenters. The molecule has 0 spiro atoms. The lowest BCUT2D eigenvalue weighted by molar-refractivity contribution is -0.137. The van der Waals surface area contributed by atoms with Gasteiger partial charge in [0.15, 0.2) is 0 Å². The van der Waals surface area contributed by atoms with Crippen molar-refractivity contribution in [1.82, 2.24) is 5.32 Å². The molecule has 1 atom stereocenters. The zero-order chi connectivity index (χ0) is 10.4. The van der Waals surface area contributed by atoms with Gasteiger partial charge in [-0.05, 0) is 6.92 Å². The Balaban J connectivity index is 4.18. The van der Waals surface area contributed by atoms with Gasteiger partial charge >= 0.3 is 5.97 Å². The van der Waals surface area contributed by atoms with Crippen LogP contribution < -0.4 is 5.32 Å². The van der Waals surface area contributed by atoms with Crippen LogP contribution in [0.1, 0.15) is 26.7 Å². The number of amides is 1. The highest BCUT2D eigenvalue weighted by Gasteiger charge is 2.15. The van der Waals surface area contributed by atoms with Gasteiger partial charge in [-0.1, -0.05) is 19.1 Å². The summed E-state index contributed by atoms with van der Waals surface area (Å²) in [6, 6.07) is -0.454. The first-order valence-corrected chi connectivity index (χ1v) is 4.14. The standard InChI is InChI=1S/C9H15NO3/c1-4-8(11)10-7(6(2)3)5-9(12)13/h7H,2,4-5H2,1,3H3,(H,10,11)(H,12,13)/t7-/m0/s1. The molecule has 0 fully saturated rings. The first kappa shape index (κ1) is 11.7. The summed E-state index contributed by atoms with van der Waals surface area (Å²) < 4.78 is 0. The smallest absolute Gasteiger partial charge is 0.305 e. The van der Waals surface area contributed by atoms with Gasteiger partial charge in [0.25, 0.3) is 0 Å². The van der Waals surface area contributed by atoms with Gasteiger partial charge in [0.1, 0.15) is 0 Å². The number of nitrogens with one attached hydrogen (secondary N) is 1. The van der Waals surface area contributed by atoms with Crippen molar-refractivity contribution in [2.24, 2.45) is 0 Å². The van der Waals surface area contributed by atoms with Crippen molar-refractivity contribution < 1.29 is 14.7 Å². The largest absolute Gasteiger partial charge is 0.481 e. The van der Waals surface area contributed by atoms with Crippen molar-refractivity contribution >= 4 is 11.9 Å². The summed E-state index contributed by atoms with van der Waals surface area (Å²) >= 11 is 0. The minimum atomic E-state index is -0.940. The molecule has 1 amide bonds. The van der Waals surface area contributed by atoms with E-state index in [-0.39, 0.29) is 12.3 Å². The average molecular weight is 185 g/mol. The highest BCUT2D eigenvalue weighted by Crippen LogP contribution is 2.03. The van der Waals surface area contributed by atoms with E-state index in [0.29, 0.717) is 12.0 Å². The lowest BCUT2D eigenvalue weighted by atomic mass is 10.1. The van der Waals surface area contributed by atoms with E-state index in [1.54, 1.807) is 13.8 Å². The van der Waals surface area contributed by atoms with Gasteiger partial charge in [0.2, 0.25) is 5.91 Å². The number of hydrogen-bond donors (Lipinski definition) is 2. The van der Waals surface area contributed by atoms with Crippen molar-refractivity contribution in [2.75, 3.05) is 0 Å². The molecule has 13 heavy (non-hydrogen) atoms. The number of rotatable bonds is 5. The van der Waals surface area contributed by atoms with E-state index in [1.165, 1.54) is 0 Å². The molecule has 0 heterocycles. The summed E-state index contributed by atoms with van der Waals surface area (Å²) in [5.41, 5.74) is 0.657. The molecule has 0 rings (SSSR count). The van der Waals surface area contributed by atoms with E-state index in [2.05, 4.69) is 11.9 Å². The van der Waals surface area contributed by atoms with E-state index in [0.717, 1.165) is 0 Å². The van der Waals surface area contributed by atoms with Gasteiger partial charge in [-0.3, -0.25) is 9.59 Å². The van der Waals surface area contributed by atoms with Crippen LogP contribution in [0.5, 0.6) is 0 Å². The molecule has 4 nitrogen and oxygen atoms in total. The maximum atomic E-state index is 11.0. The minimum Gasteiger partial charge on any atom is -0.481 e. The first-order chi connectivity index (χ1) is 5.97. The zero-order valence-corrected chi connectivity index (χ0v) is 7.96. The molecule has 0 aromatic rings. The summed E-state index contributed by atoms with van der Waals surface area (Å²) in [6.07, 6.45) is 0.241. The Bertz CT molecular complexity index is 223. The van der Waals surface area contributed by atoms with Crippen molar-refractivity contribution in [1.29, 1.82) is 0 Å². The fourth-order valence-electron chi connectivity index (χ4n) is 0.819. The van der Waals surface area contributed by atoms with Crippen LogP contribution in [0.15, 0.2) is 12.2 Å². The number of carboxylic acids is 1. The Morgan fingerprint density at radius 3 is 2.38 bits per heavy atom. The van der Waals surface area contributed by atoms with Gasteiger partial charge < -0.3 is 10.4 Å². The van der Waals surface area contributed by atoms with Crippen LogP contribution in [0.3, 0.4) is 0 Å². The van der Waals surface area contributed by atoms with Crippen LogP contribution in [0, 0.1) is 0 Å². The molecule has 0 aromatic carbocycles. The second-order valence-corrected chi connectivity index (χ2v) is 2.92. The lowest BCUT2D eigenvalue weighted by Crippen LogP contribution is -2.36. The molecule has 2 N–H and O–H groups in total. The second-order valence-electron chi connectivity index (χ2n) is 2.92. The molecular weight excluding hydrogens is 170 g/mol. The topological polar surface area (TPSA) is 66.4 Å². The number of hydrogen-bond acceptors (Lipinski definition) is 2. The van der Waals surface area contributed by atoms with Crippen LogP contribution in [-0.4, -0.2) is 23.0 Å². The third-order valence-electron chi connectivity index (χ3n) is 1.63. The lowest BCUT2D eigenvalue weighted by Gasteiger charge is -2.16. The van der Waals surface area contributed by atoms with Crippen molar-refractivity contribution in [3.05, 3.63) is 12.2 Å². The van der Waals surface area contributed by atoms with Crippen molar-refractivity contribution in [3.8, 4) is 0 Å². The number of aliphatic carboxylic acids is 1. The third kappa shape index (κ3) is 5.00. The number of carbonyl (C=O) groups is 2. The maximum absolute atomic E-state index is 11.0. The monoisotopic (exact) mass is 185 g/mol. The molecule has 0 radical (unpaired) electrons. The molecular formula is C9H15NO3. The molecule has 0 aliphatic rings. The molecule has 0 saturated heterocycles. The van der Waals surface area contributed by atoms with E-state index >= 15 is 0 Å². The summed E-state index contributed by atoms with van der Waals surface area (Å²) in [6.45, 7) is 7.03. The average Bonchev–Trinajstić information content (AvgIpc) is 2.02. The Morgan fingerprint density at radius 2 is 2.08 bits per heavy atom. The predicted molar refractivity (Wildman–Crippen MR) is 49.3 cm³/mol. The number of carboxylic acid groups (broad SMARTS) is 1. The third-order valence-corrected chi connectivity index (χ3v) is 1.63. The van der Waals surface area contributed by atoms with E-state index in [1.807, 2.05) is 0 Å². The Hall–Kier alpha value is -1.32. The number of carbonyl (C=O) groups excluding carboxylic acids is 1. The summed E-state index contributed by atoms with van der Waals surface area (Å²) in [5.74, 6) is -1.10. The van der Waals surface area contributed by atoms with Crippen LogP contribution in [0.25, 0.3) is 0 Å². The molecule has 0 aromatic heterocycles. The van der Waals surface area contributed by atoms with Crippen molar-refractivity contribution in [2.45, 2.75) is 32.7 Å². The normalized spacial score (nSPS) is 11.8. The van der Waals surface area contributed by atoms with Crippen LogP contribution in [0.4, 0.5) is 0 Å². The zero-order valence-electron chi connectivity index (χ0n) is 7.96. The minimum absolute atomic E-state index is 0.110. The summed E-state index contributed by atoms with van der Waals surface area (Å²) in [7, 11) is 0. The van der Waals surface area contributed by atoms with Gasteiger partial charge in [-0.15, -0.1) is 0 Å². The van der Waals surface area contributed by atoms with Crippen LogP contribution >= 0.6 is 0 Å². The van der Waals surface area contributed by atoms with E-state index in [9.17, 15) is 9.59 Å². The summed E-state index contributed by atoms with van der Waals surface area (Å²) in [5, 5.41) is 11.1. The SMILES string of the molecule is C=C(C)[C@H](CC(=O)O)NC(=O)CC. The Labute approximate surface area is 77.6 Å². The highest BCUT2D eigenvalue weighted by atomic mass is 16.4. The molecule has 0 aliphatic heterocycles. The van der Waals surface area contributed by atoms with Crippen molar-refractivity contribution in [3.63, 3.8) is 0 Å².